The first-order chi connectivity index (χ1) is 9.08. The lowest BCUT2D eigenvalue weighted by Crippen LogP contribution is -2.39. The molecule has 1 atom stereocenters. The van der Waals surface area contributed by atoms with E-state index < -0.39 is 0 Å². The van der Waals surface area contributed by atoms with Crippen molar-refractivity contribution >= 4 is 0 Å². The molecule has 108 valence electrons. The Morgan fingerprint density at radius 1 is 1.05 bits per heavy atom. The number of hydrogen-bond donors (Lipinski definition) is 1. The lowest BCUT2D eigenvalue weighted by Gasteiger charge is -2.23. The molecule has 0 amide bonds. The summed E-state index contributed by atoms with van der Waals surface area (Å²) in [6.07, 6.45) is -0.0811. The first kappa shape index (κ1) is 16.0. The quantitative estimate of drug-likeness (QED) is 0.735. The van der Waals surface area contributed by atoms with E-state index in [0.29, 0.717) is 6.54 Å². The van der Waals surface area contributed by atoms with Gasteiger partial charge >= 0.3 is 0 Å². The molecule has 19 heavy (non-hydrogen) atoms. The van der Waals surface area contributed by atoms with Gasteiger partial charge in [0.25, 0.3) is 0 Å². The SMILES string of the molecule is COC(OC)C(C)NCc1ccccc1OC(C)C. The van der Waals surface area contributed by atoms with Crippen LogP contribution in [0.5, 0.6) is 5.75 Å². The fourth-order valence-electron chi connectivity index (χ4n) is 1.89. The number of ether oxygens (including phenoxy) is 3. The number of methoxy groups -OCH3 is 2. The van der Waals surface area contributed by atoms with Crippen LogP contribution in [0, 0.1) is 0 Å². The van der Waals surface area contributed by atoms with Crippen LogP contribution in [0.3, 0.4) is 0 Å². The van der Waals surface area contributed by atoms with Gasteiger partial charge in [0.1, 0.15) is 5.75 Å². The van der Waals surface area contributed by atoms with Crippen molar-refractivity contribution in [2.75, 3.05) is 14.2 Å². The molecule has 0 heterocycles. The van der Waals surface area contributed by atoms with Crippen LogP contribution in [-0.2, 0) is 16.0 Å². The van der Waals surface area contributed by atoms with Crippen LogP contribution >= 0.6 is 0 Å². The molecule has 0 aromatic heterocycles. The van der Waals surface area contributed by atoms with Crippen LogP contribution in [0.2, 0.25) is 0 Å². The van der Waals surface area contributed by atoms with Crippen molar-refractivity contribution < 1.29 is 14.2 Å². The van der Waals surface area contributed by atoms with Gasteiger partial charge < -0.3 is 19.5 Å². The van der Waals surface area contributed by atoms with Gasteiger partial charge in [0.15, 0.2) is 6.29 Å². The number of para-hydroxylation sites is 1. The number of rotatable bonds is 8. The Morgan fingerprint density at radius 3 is 2.26 bits per heavy atom. The van der Waals surface area contributed by atoms with Gasteiger partial charge in [0, 0.05) is 26.3 Å². The zero-order valence-corrected chi connectivity index (χ0v) is 12.5. The molecule has 0 radical (unpaired) electrons. The van der Waals surface area contributed by atoms with Crippen molar-refractivity contribution in [3.63, 3.8) is 0 Å². The summed E-state index contributed by atoms with van der Waals surface area (Å²) in [7, 11) is 3.28. The molecule has 0 saturated heterocycles. The topological polar surface area (TPSA) is 39.7 Å². The number of nitrogens with one attached hydrogen (secondary N) is 1. The first-order valence-corrected chi connectivity index (χ1v) is 6.62. The molecule has 0 aliphatic heterocycles. The maximum atomic E-state index is 5.79. The van der Waals surface area contributed by atoms with E-state index in [-0.39, 0.29) is 18.4 Å². The Kier molecular flexibility index (Phi) is 6.84. The third-order valence-corrected chi connectivity index (χ3v) is 2.82. The highest BCUT2D eigenvalue weighted by atomic mass is 16.7. The predicted molar refractivity (Wildman–Crippen MR) is 76.3 cm³/mol. The molecule has 0 spiro atoms. The molecule has 4 nitrogen and oxygen atoms in total. The minimum absolute atomic E-state index is 0.0992. The average Bonchev–Trinajstić information content (AvgIpc) is 2.38. The minimum Gasteiger partial charge on any atom is -0.491 e. The van der Waals surface area contributed by atoms with Gasteiger partial charge in [-0.1, -0.05) is 18.2 Å². The van der Waals surface area contributed by atoms with E-state index in [4.69, 9.17) is 14.2 Å². The molecular formula is C15H25NO3. The molecule has 1 aromatic rings. The van der Waals surface area contributed by atoms with Gasteiger partial charge in [-0.2, -0.15) is 0 Å². The molecule has 1 N–H and O–H groups in total. The van der Waals surface area contributed by atoms with E-state index >= 15 is 0 Å². The van der Waals surface area contributed by atoms with E-state index in [0.717, 1.165) is 11.3 Å². The standard InChI is InChI=1S/C15H25NO3/c1-11(2)19-14-9-7-6-8-13(14)10-16-12(3)15(17-4)18-5/h6-9,11-12,15-16H,10H2,1-5H3. The van der Waals surface area contributed by atoms with Crippen molar-refractivity contribution in [3.05, 3.63) is 29.8 Å². The summed E-state index contributed by atoms with van der Waals surface area (Å²) in [4.78, 5) is 0. The number of hydrogen-bond acceptors (Lipinski definition) is 4. The zero-order chi connectivity index (χ0) is 14.3. The predicted octanol–water partition coefficient (Wildman–Crippen LogP) is 2.57. The second-order valence-electron chi connectivity index (χ2n) is 4.78. The summed E-state index contributed by atoms with van der Waals surface area (Å²) in [6, 6.07) is 8.15. The van der Waals surface area contributed by atoms with E-state index in [1.165, 1.54) is 0 Å². The third kappa shape index (κ3) is 5.19. The van der Waals surface area contributed by atoms with Gasteiger partial charge in [0.05, 0.1) is 12.1 Å². The van der Waals surface area contributed by atoms with Crippen LogP contribution in [0.4, 0.5) is 0 Å². The van der Waals surface area contributed by atoms with Gasteiger partial charge in [-0.15, -0.1) is 0 Å². The largest absolute Gasteiger partial charge is 0.491 e. The van der Waals surface area contributed by atoms with Crippen molar-refractivity contribution in [1.29, 1.82) is 0 Å². The molecule has 1 rings (SSSR count). The fourth-order valence-corrected chi connectivity index (χ4v) is 1.89. The monoisotopic (exact) mass is 267 g/mol. The molecule has 4 heteroatoms. The molecule has 0 aliphatic rings. The van der Waals surface area contributed by atoms with Crippen LogP contribution in [0.25, 0.3) is 0 Å². The third-order valence-electron chi connectivity index (χ3n) is 2.82. The molecule has 0 fully saturated rings. The summed E-state index contributed by atoms with van der Waals surface area (Å²) in [6.45, 7) is 6.80. The van der Waals surface area contributed by atoms with E-state index in [9.17, 15) is 0 Å². The summed E-state index contributed by atoms with van der Waals surface area (Å²) in [5.74, 6) is 0.920. The molecule has 0 aliphatic carbocycles. The first-order valence-electron chi connectivity index (χ1n) is 6.62. The average molecular weight is 267 g/mol. The Hall–Kier alpha value is -1.10. The molecular weight excluding hydrogens is 242 g/mol. The zero-order valence-electron chi connectivity index (χ0n) is 12.5. The van der Waals surface area contributed by atoms with E-state index in [1.807, 2.05) is 39.0 Å². The van der Waals surface area contributed by atoms with Crippen LogP contribution in [0.1, 0.15) is 26.3 Å². The highest BCUT2D eigenvalue weighted by Gasteiger charge is 2.15. The normalized spacial score (nSPS) is 13.0. The van der Waals surface area contributed by atoms with E-state index in [1.54, 1.807) is 14.2 Å². The van der Waals surface area contributed by atoms with Crippen molar-refractivity contribution in [3.8, 4) is 5.75 Å². The van der Waals surface area contributed by atoms with Crippen LogP contribution in [-0.4, -0.2) is 32.7 Å². The molecule has 0 saturated carbocycles. The van der Waals surface area contributed by atoms with Crippen molar-refractivity contribution in [1.82, 2.24) is 5.32 Å². The van der Waals surface area contributed by atoms with Gasteiger partial charge in [0.2, 0.25) is 0 Å². The Bertz CT molecular complexity index is 364. The molecule has 0 bridgehead atoms. The van der Waals surface area contributed by atoms with Crippen molar-refractivity contribution in [2.24, 2.45) is 0 Å². The maximum absolute atomic E-state index is 5.79. The molecule has 1 unspecified atom stereocenters. The van der Waals surface area contributed by atoms with Gasteiger partial charge in [-0.3, -0.25) is 0 Å². The fraction of sp³-hybridized carbons (Fsp3) is 0.600. The smallest absolute Gasteiger partial charge is 0.171 e. The second-order valence-corrected chi connectivity index (χ2v) is 4.78. The minimum atomic E-state index is -0.252. The van der Waals surface area contributed by atoms with Crippen LogP contribution in [0.15, 0.2) is 24.3 Å². The Balaban J connectivity index is 2.62. The summed E-state index contributed by atoms with van der Waals surface area (Å²) in [5, 5.41) is 3.38. The summed E-state index contributed by atoms with van der Waals surface area (Å²) in [5.41, 5.74) is 1.13. The van der Waals surface area contributed by atoms with E-state index in [2.05, 4.69) is 11.4 Å². The maximum Gasteiger partial charge on any atom is 0.171 e. The van der Waals surface area contributed by atoms with Crippen LogP contribution < -0.4 is 10.1 Å². The highest BCUT2D eigenvalue weighted by Crippen LogP contribution is 2.19. The lowest BCUT2D eigenvalue weighted by atomic mass is 10.2. The van der Waals surface area contributed by atoms with Gasteiger partial charge in [-0.25, -0.2) is 0 Å². The highest BCUT2D eigenvalue weighted by molar-refractivity contribution is 5.33. The molecule has 1 aromatic carbocycles. The van der Waals surface area contributed by atoms with Gasteiger partial charge in [-0.05, 0) is 26.8 Å². The van der Waals surface area contributed by atoms with Crippen molar-refractivity contribution in [2.45, 2.75) is 45.8 Å². The summed E-state index contributed by atoms with van der Waals surface area (Å²) >= 11 is 0. The number of benzene rings is 1. The summed E-state index contributed by atoms with van der Waals surface area (Å²) < 4.78 is 16.2. The Morgan fingerprint density at radius 2 is 1.68 bits per heavy atom. The second kappa shape index (κ2) is 8.15. The lowest BCUT2D eigenvalue weighted by molar-refractivity contribution is -0.119. The Labute approximate surface area is 116 Å².